The maximum atomic E-state index is 9.42. The molecule has 0 radical (unpaired) electrons. The number of rotatable bonds is 5. The summed E-state index contributed by atoms with van der Waals surface area (Å²) >= 11 is 1.88. The fourth-order valence-electron chi connectivity index (χ4n) is 2.61. The minimum Gasteiger partial charge on any atom is -0.297 e. The molecule has 15 heavy (non-hydrogen) atoms. The SMILES string of the molecule is CSCCC1CCCC1(C#N)NC(C)C. The third-order valence-electron chi connectivity index (χ3n) is 3.24. The van der Waals surface area contributed by atoms with Crippen LogP contribution in [0.15, 0.2) is 0 Å². The van der Waals surface area contributed by atoms with Gasteiger partial charge in [0.15, 0.2) is 0 Å². The summed E-state index contributed by atoms with van der Waals surface area (Å²) in [6.45, 7) is 4.26. The fourth-order valence-corrected chi connectivity index (χ4v) is 3.13. The van der Waals surface area contributed by atoms with Crippen LogP contribution in [0.25, 0.3) is 0 Å². The third kappa shape index (κ3) is 3.12. The Labute approximate surface area is 97.8 Å². The van der Waals surface area contributed by atoms with Crippen LogP contribution in [0, 0.1) is 17.2 Å². The van der Waals surface area contributed by atoms with Crippen LogP contribution < -0.4 is 5.32 Å². The predicted molar refractivity (Wildman–Crippen MR) is 67.0 cm³/mol. The molecular formula is C12H22N2S. The van der Waals surface area contributed by atoms with Gasteiger partial charge in [-0.05, 0) is 51.0 Å². The molecule has 1 fully saturated rings. The molecule has 2 nitrogen and oxygen atoms in total. The first-order valence-electron chi connectivity index (χ1n) is 5.82. The summed E-state index contributed by atoms with van der Waals surface area (Å²) in [7, 11) is 0. The zero-order chi connectivity index (χ0) is 11.3. The minimum atomic E-state index is -0.232. The van der Waals surface area contributed by atoms with Crippen molar-refractivity contribution in [3.05, 3.63) is 0 Å². The van der Waals surface area contributed by atoms with Crippen LogP contribution in [0.5, 0.6) is 0 Å². The van der Waals surface area contributed by atoms with Crippen molar-refractivity contribution in [1.82, 2.24) is 5.32 Å². The van der Waals surface area contributed by atoms with Crippen LogP contribution in [0.3, 0.4) is 0 Å². The largest absolute Gasteiger partial charge is 0.297 e. The number of nitrogens with zero attached hydrogens (tertiary/aromatic N) is 1. The van der Waals surface area contributed by atoms with Gasteiger partial charge in [-0.25, -0.2) is 0 Å². The van der Waals surface area contributed by atoms with E-state index in [9.17, 15) is 5.26 Å². The molecular weight excluding hydrogens is 204 g/mol. The quantitative estimate of drug-likeness (QED) is 0.783. The molecule has 1 aliphatic rings. The normalized spacial score (nSPS) is 30.7. The molecule has 0 bridgehead atoms. The highest BCUT2D eigenvalue weighted by atomic mass is 32.2. The Morgan fingerprint density at radius 1 is 1.60 bits per heavy atom. The van der Waals surface area contributed by atoms with Crippen LogP contribution in [-0.2, 0) is 0 Å². The zero-order valence-electron chi connectivity index (χ0n) is 10.0. The number of nitrogens with one attached hydrogen (secondary N) is 1. The second-order valence-electron chi connectivity index (χ2n) is 4.75. The standard InChI is InChI=1S/C12H22N2S/c1-10(2)14-12(9-13)7-4-5-11(12)6-8-15-3/h10-11,14H,4-8H2,1-3H3. The van der Waals surface area contributed by atoms with Gasteiger partial charge in [-0.15, -0.1) is 0 Å². The maximum Gasteiger partial charge on any atom is 0.109 e. The van der Waals surface area contributed by atoms with Gasteiger partial charge in [0.05, 0.1) is 6.07 Å². The summed E-state index contributed by atoms with van der Waals surface area (Å²) in [4.78, 5) is 0. The molecule has 0 spiro atoms. The van der Waals surface area contributed by atoms with Crippen molar-refractivity contribution in [3.63, 3.8) is 0 Å². The predicted octanol–water partition coefficient (Wildman–Crippen LogP) is 2.80. The minimum absolute atomic E-state index is 0.232. The molecule has 86 valence electrons. The fraction of sp³-hybridized carbons (Fsp3) is 0.917. The van der Waals surface area contributed by atoms with Crippen LogP contribution >= 0.6 is 11.8 Å². The molecule has 0 aromatic heterocycles. The van der Waals surface area contributed by atoms with Gasteiger partial charge >= 0.3 is 0 Å². The average Bonchev–Trinajstić information content (AvgIpc) is 2.58. The molecule has 1 aliphatic carbocycles. The third-order valence-corrected chi connectivity index (χ3v) is 3.88. The average molecular weight is 226 g/mol. The van der Waals surface area contributed by atoms with Crippen molar-refractivity contribution in [2.75, 3.05) is 12.0 Å². The van der Waals surface area contributed by atoms with Crippen molar-refractivity contribution in [3.8, 4) is 6.07 Å². The van der Waals surface area contributed by atoms with E-state index in [1.54, 1.807) is 0 Å². The smallest absolute Gasteiger partial charge is 0.109 e. The van der Waals surface area contributed by atoms with Crippen molar-refractivity contribution in [2.45, 2.75) is 51.1 Å². The second kappa shape index (κ2) is 5.77. The second-order valence-corrected chi connectivity index (χ2v) is 5.74. The maximum absolute atomic E-state index is 9.42. The molecule has 0 amide bonds. The summed E-state index contributed by atoms with van der Waals surface area (Å²) in [5.41, 5.74) is -0.232. The van der Waals surface area contributed by atoms with E-state index in [1.807, 2.05) is 11.8 Å². The van der Waals surface area contributed by atoms with Crippen molar-refractivity contribution in [2.24, 2.45) is 5.92 Å². The number of thioether (sulfide) groups is 1. The highest BCUT2D eigenvalue weighted by molar-refractivity contribution is 7.98. The van der Waals surface area contributed by atoms with Crippen molar-refractivity contribution < 1.29 is 0 Å². The van der Waals surface area contributed by atoms with Gasteiger partial charge in [0.1, 0.15) is 5.54 Å². The Morgan fingerprint density at radius 2 is 2.33 bits per heavy atom. The first kappa shape index (κ1) is 12.9. The van der Waals surface area contributed by atoms with E-state index >= 15 is 0 Å². The lowest BCUT2D eigenvalue weighted by Gasteiger charge is -2.32. The topological polar surface area (TPSA) is 35.8 Å². The van der Waals surface area contributed by atoms with Gasteiger partial charge in [0.2, 0.25) is 0 Å². The summed E-state index contributed by atoms with van der Waals surface area (Å²) < 4.78 is 0. The molecule has 0 aromatic rings. The van der Waals surface area contributed by atoms with Gasteiger partial charge < -0.3 is 0 Å². The number of hydrogen-bond acceptors (Lipinski definition) is 3. The number of hydrogen-bond donors (Lipinski definition) is 1. The molecule has 1 saturated carbocycles. The Balaban J connectivity index is 2.64. The van der Waals surface area contributed by atoms with Crippen LogP contribution in [0.4, 0.5) is 0 Å². The molecule has 0 heterocycles. The molecule has 2 atom stereocenters. The van der Waals surface area contributed by atoms with Gasteiger partial charge in [0.25, 0.3) is 0 Å². The van der Waals surface area contributed by atoms with Crippen LogP contribution in [-0.4, -0.2) is 23.6 Å². The Morgan fingerprint density at radius 3 is 2.87 bits per heavy atom. The van der Waals surface area contributed by atoms with Gasteiger partial charge in [0, 0.05) is 6.04 Å². The molecule has 0 saturated heterocycles. The molecule has 1 rings (SSSR count). The number of nitriles is 1. The molecule has 2 unspecified atom stereocenters. The summed E-state index contributed by atoms with van der Waals surface area (Å²) in [5, 5.41) is 12.9. The van der Waals surface area contributed by atoms with Crippen molar-refractivity contribution in [1.29, 1.82) is 5.26 Å². The van der Waals surface area contributed by atoms with Gasteiger partial charge in [-0.1, -0.05) is 6.42 Å². The molecule has 0 aromatic carbocycles. The summed E-state index contributed by atoms with van der Waals surface area (Å²) in [5.74, 6) is 1.73. The lowest BCUT2D eigenvalue weighted by atomic mass is 9.86. The highest BCUT2D eigenvalue weighted by Gasteiger charge is 2.42. The first-order chi connectivity index (χ1) is 7.14. The molecule has 0 aliphatic heterocycles. The van der Waals surface area contributed by atoms with E-state index in [2.05, 4.69) is 31.5 Å². The van der Waals surface area contributed by atoms with E-state index < -0.39 is 0 Å². The Hall–Kier alpha value is -0.200. The lowest BCUT2D eigenvalue weighted by Crippen LogP contribution is -2.50. The Kier molecular flexibility index (Phi) is 4.95. The van der Waals surface area contributed by atoms with Gasteiger partial charge in [-0.3, -0.25) is 5.32 Å². The first-order valence-corrected chi connectivity index (χ1v) is 7.22. The molecule has 1 N–H and O–H groups in total. The Bertz CT molecular complexity index is 234. The summed E-state index contributed by atoms with van der Waals surface area (Å²) in [6, 6.07) is 2.95. The van der Waals surface area contributed by atoms with E-state index in [0.29, 0.717) is 12.0 Å². The lowest BCUT2D eigenvalue weighted by molar-refractivity contribution is 0.289. The van der Waals surface area contributed by atoms with E-state index in [1.165, 1.54) is 25.0 Å². The van der Waals surface area contributed by atoms with E-state index in [4.69, 9.17) is 0 Å². The van der Waals surface area contributed by atoms with Gasteiger partial charge in [-0.2, -0.15) is 17.0 Å². The zero-order valence-corrected chi connectivity index (χ0v) is 10.9. The highest BCUT2D eigenvalue weighted by Crippen LogP contribution is 2.38. The van der Waals surface area contributed by atoms with Crippen molar-refractivity contribution >= 4 is 11.8 Å². The monoisotopic (exact) mass is 226 g/mol. The van der Waals surface area contributed by atoms with Crippen LogP contribution in [0.2, 0.25) is 0 Å². The van der Waals surface area contributed by atoms with E-state index in [-0.39, 0.29) is 5.54 Å². The van der Waals surface area contributed by atoms with E-state index in [0.717, 1.165) is 6.42 Å². The summed E-state index contributed by atoms with van der Waals surface area (Å²) in [6.07, 6.45) is 6.76. The van der Waals surface area contributed by atoms with Crippen LogP contribution in [0.1, 0.15) is 39.5 Å². The molecule has 3 heteroatoms.